The molecule has 0 amide bonds. The minimum atomic E-state index is -0.613. The molecule has 14 nitrogen and oxygen atoms in total. The van der Waals surface area contributed by atoms with Gasteiger partial charge in [0.2, 0.25) is 0 Å². The van der Waals surface area contributed by atoms with Crippen LogP contribution in [0.3, 0.4) is 0 Å². The zero-order valence-corrected chi connectivity index (χ0v) is 23.3. The molecule has 0 spiro atoms. The summed E-state index contributed by atoms with van der Waals surface area (Å²) < 4.78 is 46.8. The molecule has 0 aliphatic heterocycles. The van der Waals surface area contributed by atoms with Crippen LogP contribution in [0.1, 0.15) is 0 Å². The number of rotatable bonds is 31. The molecule has 0 aromatic heterocycles. The number of ether oxygens (including phenoxy) is 8. The quantitative estimate of drug-likeness (QED) is 0.0463. The van der Waals surface area contributed by atoms with Gasteiger partial charge in [0.05, 0.1) is 117 Å². The summed E-state index contributed by atoms with van der Waals surface area (Å²) in [5.74, 6) is 0. The average molecular weight is 557 g/mol. The maximum atomic E-state index is 6.33. The molecule has 230 valence electrons. The molecule has 0 bridgehead atoms. The molecule has 0 aliphatic carbocycles. The fourth-order valence-electron chi connectivity index (χ4n) is 3.44. The van der Waals surface area contributed by atoms with Crippen LogP contribution < -0.4 is 34.4 Å². The van der Waals surface area contributed by atoms with Gasteiger partial charge in [-0.3, -0.25) is 0 Å². The van der Waals surface area contributed by atoms with E-state index in [4.69, 9.17) is 72.3 Å². The van der Waals surface area contributed by atoms with Crippen molar-refractivity contribution in [3.8, 4) is 0 Å². The Kier molecular flexibility index (Phi) is 26.3. The van der Waals surface area contributed by atoms with Crippen LogP contribution in [0.2, 0.25) is 0 Å². The molecular formula is C24H56N6O8. The predicted molar refractivity (Wildman–Crippen MR) is 146 cm³/mol. The van der Waals surface area contributed by atoms with E-state index in [-0.39, 0.29) is 13.2 Å². The van der Waals surface area contributed by atoms with Crippen LogP contribution in [-0.2, 0) is 37.9 Å². The van der Waals surface area contributed by atoms with Gasteiger partial charge >= 0.3 is 0 Å². The minimum Gasteiger partial charge on any atom is -0.380 e. The van der Waals surface area contributed by atoms with E-state index in [0.717, 1.165) is 0 Å². The summed E-state index contributed by atoms with van der Waals surface area (Å²) in [5.41, 5.74) is 32.5. The summed E-state index contributed by atoms with van der Waals surface area (Å²) in [5, 5.41) is 0. The van der Waals surface area contributed by atoms with Crippen molar-refractivity contribution in [1.29, 1.82) is 0 Å². The zero-order chi connectivity index (χ0) is 28.2. The molecule has 0 atom stereocenters. The SMILES string of the molecule is NCCOCCOCC(COCCN)(COCCN)COCC(COCCN)(COCCN)COCCN. The molecule has 0 saturated carbocycles. The van der Waals surface area contributed by atoms with Crippen molar-refractivity contribution in [2.75, 3.05) is 145 Å². The third kappa shape index (κ3) is 19.5. The Hall–Kier alpha value is -0.560. The van der Waals surface area contributed by atoms with Crippen LogP contribution in [-0.4, -0.2) is 145 Å². The normalized spacial score (nSPS) is 12.5. The first-order valence-corrected chi connectivity index (χ1v) is 13.4. The lowest BCUT2D eigenvalue weighted by atomic mass is 9.90. The molecule has 0 saturated heterocycles. The molecule has 0 aromatic carbocycles. The van der Waals surface area contributed by atoms with Gasteiger partial charge < -0.3 is 72.3 Å². The Balaban J connectivity index is 5.51. The van der Waals surface area contributed by atoms with Crippen molar-refractivity contribution in [2.24, 2.45) is 45.2 Å². The minimum absolute atomic E-state index is 0.276. The molecule has 0 fully saturated rings. The van der Waals surface area contributed by atoms with Crippen molar-refractivity contribution >= 4 is 0 Å². The predicted octanol–water partition coefficient (Wildman–Crippen LogP) is -3.16. The van der Waals surface area contributed by atoms with Crippen molar-refractivity contribution < 1.29 is 37.9 Å². The fourth-order valence-corrected chi connectivity index (χ4v) is 3.44. The molecule has 0 aromatic rings. The number of hydrogen-bond acceptors (Lipinski definition) is 14. The average Bonchev–Trinajstić information content (AvgIpc) is 2.91. The standard InChI is InChI=1S/C24H56N6O8/c25-1-7-31-13-14-37-20-24(18-35-11-5-29,19-36-12-6-30)22-38-21-23(15-32-8-2-26,16-33-9-3-27)17-34-10-4-28/h1-22,25-30H2. The second kappa shape index (κ2) is 26.7. The first kappa shape index (κ1) is 37.4. The van der Waals surface area contributed by atoms with Gasteiger partial charge in [0, 0.05) is 39.3 Å². The van der Waals surface area contributed by atoms with E-state index in [9.17, 15) is 0 Å². The van der Waals surface area contributed by atoms with E-state index in [1.54, 1.807) is 0 Å². The molecule has 14 heteroatoms. The van der Waals surface area contributed by atoms with E-state index in [1.807, 2.05) is 0 Å². The third-order valence-corrected chi connectivity index (χ3v) is 5.21. The maximum absolute atomic E-state index is 6.33. The summed E-state index contributed by atoms with van der Waals surface area (Å²) in [6.45, 7) is 8.25. The highest BCUT2D eigenvalue weighted by molar-refractivity contribution is 4.83. The number of nitrogens with two attached hydrogens (primary N) is 6. The zero-order valence-electron chi connectivity index (χ0n) is 23.3. The van der Waals surface area contributed by atoms with Crippen molar-refractivity contribution in [1.82, 2.24) is 0 Å². The van der Waals surface area contributed by atoms with Gasteiger partial charge in [-0.2, -0.15) is 0 Å². The van der Waals surface area contributed by atoms with Gasteiger partial charge in [0.25, 0.3) is 0 Å². The highest BCUT2D eigenvalue weighted by atomic mass is 16.5. The Labute approximate surface area is 228 Å². The Bertz CT molecular complexity index is 462. The lowest BCUT2D eigenvalue weighted by molar-refractivity contribution is -0.142. The van der Waals surface area contributed by atoms with Gasteiger partial charge in [-0.25, -0.2) is 0 Å². The maximum Gasteiger partial charge on any atom is 0.0701 e. The molecule has 38 heavy (non-hydrogen) atoms. The van der Waals surface area contributed by atoms with Crippen LogP contribution >= 0.6 is 0 Å². The van der Waals surface area contributed by atoms with E-state index in [2.05, 4.69) is 0 Å². The molecule has 12 N–H and O–H groups in total. The Morgan fingerprint density at radius 1 is 0.263 bits per heavy atom. The summed E-state index contributed by atoms with van der Waals surface area (Å²) in [6, 6.07) is 0. The second-order valence-electron chi connectivity index (χ2n) is 9.15. The van der Waals surface area contributed by atoms with Gasteiger partial charge in [-0.15, -0.1) is 0 Å². The van der Waals surface area contributed by atoms with Crippen LogP contribution in [0.25, 0.3) is 0 Å². The van der Waals surface area contributed by atoms with Crippen molar-refractivity contribution in [2.45, 2.75) is 0 Å². The van der Waals surface area contributed by atoms with Gasteiger partial charge in [0.15, 0.2) is 0 Å². The molecular weight excluding hydrogens is 500 g/mol. The van der Waals surface area contributed by atoms with Crippen LogP contribution in [0.15, 0.2) is 0 Å². The molecule has 0 aliphatic rings. The van der Waals surface area contributed by atoms with Crippen LogP contribution in [0.4, 0.5) is 0 Å². The second-order valence-corrected chi connectivity index (χ2v) is 9.15. The largest absolute Gasteiger partial charge is 0.380 e. The Morgan fingerprint density at radius 2 is 0.474 bits per heavy atom. The van der Waals surface area contributed by atoms with E-state index >= 15 is 0 Å². The summed E-state index contributed by atoms with van der Waals surface area (Å²) in [7, 11) is 0. The first-order chi connectivity index (χ1) is 18.6. The Morgan fingerprint density at radius 3 is 0.763 bits per heavy atom. The number of hydrogen-bond donors (Lipinski definition) is 6. The van der Waals surface area contributed by atoms with Gasteiger partial charge in [-0.1, -0.05) is 0 Å². The van der Waals surface area contributed by atoms with E-state index < -0.39 is 10.8 Å². The fraction of sp³-hybridized carbons (Fsp3) is 1.00. The summed E-state index contributed by atoms with van der Waals surface area (Å²) in [6.07, 6.45) is 0. The highest BCUT2D eigenvalue weighted by Crippen LogP contribution is 2.25. The topological polar surface area (TPSA) is 230 Å². The van der Waals surface area contributed by atoms with Gasteiger partial charge in [0.1, 0.15) is 0 Å². The first-order valence-electron chi connectivity index (χ1n) is 13.4. The monoisotopic (exact) mass is 556 g/mol. The van der Waals surface area contributed by atoms with E-state index in [0.29, 0.717) is 132 Å². The summed E-state index contributed by atoms with van der Waals surface area (Å²) >= 11 is 0. The third-order valence-electron chi connectivity index (χ3n) is 5.21. The van der Waals surface area contributed by atoms with Crippen LogP contribution in [0.5, 0.6) is 0 Å². The molecule has 0 rings (SSSR count). The molecule has 0 heterocycles. The van der Waals surface area contributed by atoms with E-state index in [1.165, 1.54) is 0 Å². The molecule has 0 radical (unpaired) electrons. The highest BCUT2D eigenvalue weighted by Gasteiger charge is 2.36. The van der Waals surface area contributed by atoms with Crippen molar-refractivity contribution in [3.05, 3.63) is 0 Å². The van der Waals surface area contributed by atoms with Crippen LogP contribution in [0, 0.1) is 10.8 Å². The smallest absolute Gasteiger partial charge is 0.0701 e. The molecule has 0 unspecified atom stereocenters. The summed E-state index contributed by atoms with van der Waals surface area (Å²) in [4.78, 5) is 0. The lowest BCUT2D eigenvalue weighted by Crippen LogP contribution is -2.46. The van der Waals surface area contributed by atoms with Crippen molar-refractivity contribution in [3.63, 3.8) is 0 Å². The van der Waals surface area contributed by atoms with Gasteiger partial charge in [-0.05, 0) is 0 Å². The lowest BCUT2D eigenvalue weighted by Gasteiger charge is -2.36.